The van der Waals surface area contributed by atoms with Crippen LogP contribution in [0.3, 0.4) is 0 Å². The highest BCUT2D eigenvalue weighted by atomic mass is 16.5. The number of benzene rings is 1. The zero-order valence-electron chi connectivity index (χ0n) is 15.1. The van der Waals surface area contributed by atoms with E-state index in [0.717, 1.165) is 56.4 Å². The van der Waals surface area contributed by atoms with E-state index in [2.05, 4.69) is 46.5 Å². The predicted octanol–water partition coefficient (Wildman–Crippen LogP) is 3.66. The molecule has 1 fully saturated rings. The number of rotatable bonds is 7. The van der Waals surface area contributed by atoms with Crippen molar-refractivity contribution in [1.29, 1.82) is 0 Å². The van der Waals surface area contributed by atoms with Gasteiger partial charge in [-0.3, -0.25) is 0 Å². The summed E-state index contributed by atoms with van der Waals surface area (Å²) in [5.41, 5.74) is 3.50. The van der Waals surface area contributed by atoms with E-state index in [1.807, 2.05) is 13.0 Å². The summed E-state index contributed by atoms with van der Waals surface area (Å²) in [6.07, 6.45) is 3.23. The minimum absolute atomic E-state index is 0.326. The Balaban J connectivity index is 1.55. The number of nitrogens with zero attached hydrogens (tertiary/aromatic N) is 2. The van der Waals surface area contributed by atoms with Crippen LogP contribution in [0.25, 0.3) is 0 Å². The van der Waals surface area contributed by atoms with Gasteiger partial charge in [0.2, 0.25) is 0 Å². The third kappa shape index (κ3) is 5.51. The lowest BCUT2D eigenvalue weighted by atomic mass is 10.1. The Kier molecular flexibility index (Phi) is 6.36. The predicted molar refractivity (Wildman–Crippen MR) is 98.5 cm³/mol. The zero-order chi connectivity index (χ0) is 17.5. The number of nitrogens with one attached hydrogen (secondary N) is 1. The van der Waals surface area contributed by atoms with Crippen molar-refractivity contribution in [2.24, 2.45) is 0 Å². The van der Waals surface area contributed by atoms with E-state index in [-0.39, 0.29) is 0 Å². The quantitative estimate of drug-likeness (QED) is 0.833. The van der Waals surface area contributed by atoms with Gasteiger partial charge in [0.1, 0.15) is 11.6 Å². The third-order valence-corrected chi connectivity index (χ3v) is 4.37. The molecule has 2 aromatic rings. The molecule has 0 amide bonds. The van der Waals surface area contributed by atoms with Crippen LogP contribution < -0.4 is 5.32 Å². The van der Waals surface area contributed by atoms with Gasteiger partial charge in [0.15, 0.2) is 0 Å². The first-order valence-corrected chi connectivity index (χ1v) is 9.08. The number of aromatic nitrogens is 2. The van der Waals surface area contributed by atoms with Crippen LogP contribution >= 0.6 is 0 Å². The number of ether oxygens (including phenoxy) is 2. The van der Waals surface area contributed by atoms with Crippen LogP contribution in [0.4, 0.5) is 5.82 Å². The molecule has 0 saturated carbocycles. The maximum Gasteiger partial charge on any atom is 0.130 e. The van der Waals surface area contributed by atoms with Crippen LogP contribution in [0.2, 0.25) is 0 Å². The maximum atomic E-state index is 6.01. The lowest BCUT2D eigenvalue weighted by molar-refractivity contribution is -0.0390. The highest BCUT2D eigenvalue weighted by Gasteiger charge is 2.14. The van der Waals surface area contributed by atoms with E-state index in [1.165, 1.54) is 11.1 Å². The van der Waals surface area contributed by atoms with Crippen molar-refractivity contribution in [3.8, 4) is 0 Å². The van der Waals surface area contributed by atoms with Gasteiger partial charge in [-0.15, -0.1) is 0 Å². The SMILES string of the molecule is CCc1cc(NCc2cccc(COC3CCOCC3)c2)nc(C)n1. The van der Waals surface area contributed by atoms with Crippen molar-refractivity contribution >= 4 is 5.82 Å². The molecule has 0 aliphatic carbocycles. The molecule has 0 atom stereocenters. The second-order valence-corrected chi connectivity index (χ2v) is 6.44. The molecule has 1 aliphatic heterocycles. The fourth-order valence-electron chi connectivity index (χ4n) is 2.98. The Morgan fingerprint density at radius 1 is 1.16 bits per heavy atom. The first kappa shape index (κ1) is 17.8. The molecule has 1 N–H and O–H groups in total. The second-order valence-electron chi connectivity index (χ2n) is 6.44. The molecule has 5 nitrogen and oxygen atoms in total. The minimum atomic E-state index is 0.326. The van der Waals surface area contributed by atoms with Crippen molar-refractivity contribution in [2.75, 3.05) is 18.5 Å². The first-order chi connectivity index (χ1) is 12.2. The average molecular weight is 341 g/mol. The Morgan fingerprint density at radius 3 is 2.76 bits per heavy atom. The summed E-state index contributed by atoms with van der Waals surface area (Å²) < 4.78 is 11.4. The average Bonchev–Trinajstić information content (AvgIpc) is 2.65. The molecule has 5 heteroatoms. The van der Waals surface area contributed by atoms with Gasteiger partial charge in [-0.25, -0.2) is 9.97 Å². The molecule has 134 valence electrons. The molecule has 0 bridgehead atoms. The summed E-state index contributed by atoms with van der Waals surface area (Å²) in [4.78, 5) is 8.87. The molecule has 1 aromatic heterocycles. The van der Waals surface area contributed by atoms with Gasteiger partial charge in [0, 0.05) is 31.5 Å². The summed E-state index contributed by atoms with van der Waals surface area (Å²) in [7, 11) is 0. The van der Waals surface area contributed by atoms with Crippen molar-refractivity contribution in [1.82, 2.24) is 9.97 Å². The summed E-state index contributed by atoms with van der Waals surface area (Å²) in [6, 6.07) is 10.5. The van der Waals surface area contributed by atoms with E-state index in [0.29, 0.717) is 12.7 Å². The van der Waals surface area contributed by atoms with E-state index in [1.54, 1.807) is 0 Å². The lowest BCUT2D eigenvalue weighted by Gasteiger charge is -2.22. The molecule has 3 rings (SSSR count). The number of aryl methyl sites for hydroxylation is 2. The minimum Gasteiger partial charge on any atom is -0.381 e. The van der Waals surface area contributed by atoms with Gasteiger partial charge < -0.3 is 14.8 Å². The summed E-state index contributed by atoms with van der Waals surface area (Å²) >= 11 is 0. The molecule has 0 radical (unpaired) electrons. The van der Waals surface area contributed by atoms with Crippen LogP contribution in [-0.2, 0) is 29.0 Å². The van der Waals surface area contributed by atoms with Crippen LogP contribution in [0, 0.1) is 6.92 Å². The fraction of sp³-hybridized carbons (Fsp3) is 0.500. The van der Waals surface area contributed by atoms with Crippen molar-refractivity contribution < 1.29 is 9.47 Å². The normalized spacial score (nSPS) is 15.3. The molecule has 25 heavy (non-hydrogen) atoms. The van der Waals surface area contributed by atoms with Gasteiger partial charge in [-0.2, -0.15) is 0 Å². The topological polar surface area (TPSA) is 56.3 Å². The smallest absolute Gasteiger partial charge is 0.130 e. The van der Waals surface area contributed by atoms with E-state index >= 15 is 0 Å². The van der Waals surface area contributed by atoms with Crippen molar-refractivity contribution in [3.63, 3.8) is 0 Å². The van der Waals surface area contributed by atoms with Gasteiger partial charge in [-0.05, 0) is 37.3 Å². The molecule has 0 spiro atoms. The molecule has 1 aliphatic rings. The van der Waals surface area contributed by atoms with Crippen molar-refractivity contribution in [2.45, 2.75) is 52.4 Å². The Labute approximate surface area is 149 Å². The second kappa shape index (κ2) is 8.92. The first-order valence-electron chi connectivity index (χ1n) is 9.08. The van der Waals surface area contributed by atoms with Gasteiger partial charge in [-0.1, -0.05) is 31.2 Å². The molecular formula is C20H27N3O2. The Bertz CT molecular complexity index is 684. The van der Waals surface area contributed by atoms with Crippen LogP contribution in [0.1, 0.15) is 42.4 Å². The molecule has 1 aromatic carbocycles. The standard InChI is InChI=1S/C20H27N3O2/c1-3-18-12-20(23-15(2)22-18)21-13-16-5-4-6-17(11-16)14-25-19-7-9-24-10-8-19/h4-6,11-12,19H,3,7-10,13-14H2,1-2H3,(H,21,22,23). The van der Waals surface area contributed by atoms with E-state index in [4.69, 9.17) is 9.47 Å². The molecular weight excluding hydrogens is 314 g/mol. The number of hydrogen-bond acceptors (Lipinski definition) is 5. The van der Waals surface area contributed by atoms with E-state index < -0.39 is 0 Å². The van der Waals surface area contributed by atoms with Crippen molar-refractivity contribution in [3.05, 3.63) is 53.0 Å². The highest BCUT2D eigenvalue weighted by Crippen LogP contribution is 2.15. The van der Waals surface area contributed by atoms with Gasteiger partial charge >= 0.3 is 0 Å². The van der Waals surface area contributed by atoms with Crippen LogP contribution in [0.15, 0.2) is 30.3 Å². The Morgan fingerprint density at radius 2 is 1.96 bits per heavy atom. The number of hydrogen-bond donors (Lipinski definition) is 1. The molecule has 1 saturated heterocycles. The monoisotopic (exact) mass is 341 g/mol. The van der Waals surface area contributed by atoms with E-state index in [9.17, 15) is 0 Å². The largest absolute Gasteiger partial charge is 0.381 e. The van der Waals surface area contributed by atoms with Gasteiger partial charge in [0.25, 0.3) is 0 Å². The third-order valence-electron chi connectivity index (χ3n) is 4.37. The maximum absolute atomic E-state index is 6.01. The lowest BCUT2D eigenvalue weighted by Crippen LogP contribution is -2.23. The fourth-order valence-corrected chi connectivity index (χ4v) is 2.98. The highest BCUT2D eigenvalue weighted by molar-refractivity contribution is 5.37. The summed E-state index contributed by atoms with van der Waals surface area (Å²) in [6.45, 7) is 7.06. The molecule has 2 heterocycles. The summed E-state index contributed by atoms with van der Waals surface area (Å²) in [5.74, 6) is 1.69. The summed E-state index contributed by atoms with van der Waals surface area (Å²) in [5, 5.41) is 3.40. The zero-order valence-corrected chi connectivity index (χ0v) is 15.1. The molecule has 0 unspecified atom stereocenters. The van der Waals surface area contributed by atoms with Crippen LogP contribution in [-0.4, -0.2) is 29.3 Å². The van der Waals surface area contributed by atoms with Gasteiger partial charge in [0.05, 0.1) is 12.7 Å². The Hall–Kier alpha value is -1.98. The number of anilines is 1. The van der Waals surface area contributed by atoms with Crippen LogP contribution in [0.5, 0.6) is 0 Å².